The van der Waals surface area contributed by atoms with Crippen molar-refractivity contribution in [1.82, 2.24) is 0 Å². The number of ether oxygens (including phenoxy) is 1. The summed E-state index contributed by atoms with van der Waals surface area (Å²) >= 11 is 3.36. The molecular weight excluding hydrogens is 306 g/mol. The van der Waals surface area contributed by atoms with Crippen molar-refractivity contribution in [2.45, 2.75) is 13.8 Å². The van der Waals surface area contributed by atoms with Gasteiger partial charge in [0.1, 0.15) is 0 Å². The Hall–Kier alpha value is -0.590. The maximum absolute atomic E-state index is 11.7. The van der Waals surface area contributed by atoms with Gasteiger partial charge in [-0.25, -0.2) is 8.42 Å². The zero-order valence-corrected chi connectivity index (χ0v) is 12.3. The highest BCUT2D eigenvalue weighted by Gasteiger charge is 2.12. The van der Waals surface area contributed by atoms with Gasteiger partial charge in [-0.1, -0.05) is 22.0 Å². The van der Waals surface area contributed by atoms with Crippen molar-refractivity contribution in [1.29, 1.82) is 0 Å². The number of benzene rings is 1. The summed E-state index contributed by atoms with van der Waals surface area (Å²) in [6.07, 6.45) is 0. The van der Waals surface area contributed by atoms with Crippen LogP contribution in [-0.4, -0.2) is 27.4 Å². The van der Waals surface area contributed by atoms with Crippen molar-refractivity contribution in [3.05, 3.63) is 28.2 Å². The lowest BCUT2D eigenvalue weighted by atomic mass is 10.2. The van der Waals surface area contributed by atoms with Crippen molar-refractivity contribution in [3.63, 3.8) is 0 Å². The van der Waals surface area contributed by atoms with E-state index in [2.05, 4.69) is 20.7 Å². The average Bonchev–Trinajstić information content (AvgIpc) is 2.25. The minimum absolute atomic E-state index is 0.0349. The summed E-state index contributed by atoms with van der Waals surface area (Å²) in [6.45, 7) is 4.41. The normalized spacial score (nSPS) is 11.5. The molecule has 0 aromatic heterocycles. The Bertz CT molecular complexity index is 474. The molecule has 0 aliphatic rings. The molecule has 0 fully saturated rings. The molecule has 1 rings (SSSR count). The third-order valence-electron chi connectivity index (χ3n) is 2.23. The molecule has 0 bridgehead atoms. The van der Waals surface area contributed by atoms with Crippen molar-refractivity contribution in [3.8, 4) is 0 Å². The van der Waals surface area contributed by atoms with Crippen LogP contribution in [0.1, 0.15) is 12.5 Å². The molecule has 1 aromatic carbocycles. The number of nitrogens with one attached hydrogen (secondary N) is 1. The summed E-state index contributed by atoms with van der Waals surface area (Å²) in [6, 6.07) is 5.39. The predicted molar refractivity (Wildman–Crippen MR) is 72.8 cm³/mol. The van der Waals surface area contributed by atoms with Gasteiger partial charge in [0.05, 0.1) is 18.0 Å². The summed E-state index contributed by atoms with van der Waals surface area (Å²) in [4.78, 5) is 0. The molecule has 4 nitrogen and oxygen atoms in total. The minimum atomic E-state index is -3.34. The molecule has 0 aliphatic carbocycles. The van der Waals surface area contributed by atoms with Crippen LogP contribution in [0.3, 0.4) is 0 Å². The van der Waals surface area contributed by atoms with Crippen LogP contribution in [0, 0.1) is 6.92 Å². The van der Waals surface area contributed by atoms with Gasteiger partial charge in [0.2, 0.25) is 10.0 Å². The maximum Gasteiger partial charge on any atom is 0.235 e. The van der Waals surface area contributed by atoms with Crippen LogP contribution in [0.15, 0.2) is 22.7 Å². The summed E-state index contributed by atoms with van der Waals surface area (Å²) in [7, 11) is -3.34. The highest BCUT2D eigenvalue weighted by atomic mass is 79.9. The smallest absolute Gasteiger partial charge is 0.235 e. The second kappa shape index (κ2) is 6.37. The summed E-state index contributed by atoms with van der Waals surface area (Å²) in [5, 5.41) is 0. The molecule has 0 radical (unpaired) electrons. The fourth-order valence-electron chi connectivity index (χ4n) is 1.25. The third-order valence-corrected chi connectivity index (χ3v) is 4.33. The quantitative estimate of drug-likeness (QED) is 0.819. The fraction of sp³-hybridized carbons (Fsp3) is 0.455. The molecule has 1 aromatic rings. The second-order valence-electron chi connectivity index (χ2n) is 3.53. The van der Waals surface area contributed by atoms with Crippen molar-refractivity contribution < 1.29 is 13.2 Å². The van der Waals surface area contributed by atoms with E-state index in [-0.39, 0.29) is 12.4 Å². The number of halogens is 1. The largest absolute Gasteiger partial charge is 0.381 e. The topological polar surface area (TPSA) is 55.4 Å². The zero-order chi connectivity index (χ0) is 12.9. The Kier molecular flexibility index (Phi) is 5.42. The number of hydrogen-bond donors (Lipinski definition) is 1. The van der Waals surface area contributed by atoms with Gasteiger partial charge in [-0.3, -0.25) is 4.72 Å². The Morgan fingerprint density at radius 1 is 1.41 bits per heavy atom. The van der Waals surface area contributed by atoms with E-state index < -0.39 is 10.0 Å². The molecule has 0 amide bonds. The van der Waals surface area contributed by atoms with Gasteiger partial charge in [0.15, 0.2) is 0 Å². The van der Waals surface area contributed by atoms with Gasteiger partial charge < -0.3 is 4.74 Å². The lowest BCUT2D eigenvalue weighted by molar-refractivity contribution is 0.163. The third kappa shape index (κ3) is 4.65. The SMILES string of the molecule is CCOCCS(=O)(=O)Nc1cccc(Br)c1C. The fourth-order valence-corrected chi connectivity index (χ4v) is 2.61. The van der Waals surface area contributed by atoms with E-state index in [0.29, 0.717) is 12.3 Å². The first-order chi connectivity index (χ1) is 7.96. The van der Waals surface area contributed by atoms with E-state index in [1.807, 2.05) is 19.9 Å². The van der Waals surface area contributed by atoms with Gasteiger partial charge in [0.25, 0.3) is 0 Å². The van der Waals surface area contributed by atoms with E-state index in [0.717, 1.165) is 10.0 Å². The van der Waals surface area contributed by atoms with Crippen LogP contribution < -0.4 is 4.72 Å². The van der Waals surface area contributed by atoms with E-state index in [1.165, 1.54) is 0 Å². The molecular formula is C11H16BrNO3S. The van der Waals surface area contributed by atoms with E-state index in [4.69, 9.17) is 4.74 Å². The van der Waals surface area contributed by atoms with E-state index in [1.54, 1.807) is 12.1 Å². The molecule has 96 valence electrons. The van der Waals surface area contributed by atoms with Gasteiger partial charge in [-0.2, -0.15) is 0 Å². The molecule has 0 saturated heterocycles. The Labute approximate surface area is 111 Å². The highest BCUT2D eigenvalue weighted by Crippen LogP contribution is 2.24. The first kappa shape index (κ1) is 14.5. The number of anilines is 1. The van der Waals surface area contributed by atoms with Gasteiger partial charge in [-0.05, 0) is 31.5 Å². The van der Waals surface area contributed by atoms with E-state index >= 15 is 0 Å². The zero-order valence-electron chi connectivity index (χ0n) is 9.86. The molecule has 0 heterocycles. The number of sulfonamides is 1. The summed E-state index contributed by atoms with van der Waals surface area (Å²) < 4.78 is 31.9. The Morgan fingerprint density at radius 2 is 2.12 bits per heavy atom. The lowest BCUT2D eigenvalue weighted by Gasteiger charge is -2.11. The van der Waals surface area contributed by atoms with Crippen molar-refractivity contribution in [2.24, 2.45) is 0 Å². The van der Waals surface area contributed by atoms with Crippen LogP contribution in [0.5, 0.6) is 0 Å². The molecule has 0 spiro atoms. The molecule has 1 N–H and O–H groups in total. The summed E-state index contributed by atoms with van der Waals surface area (Å²) in [5.41, 5.74) is 1.46. The van der Waals surface area contributed by atoms with Crippen LogP contribution in [0.4, 0.5) is 5.69 Å². The molecule has 6 heteroatoms. The van der Waals surface area contributed by atoms with Crippen molar-refractivity contribution >= 4 is 31.6 Å². The van der Waals surface area contributed by atoms with Gasteiger partial charge in [-0.15, -0.1) is 0 Å². The van der Waals surface area contributed by atoms with Crippen LogP contribution in [0.2, 0.25) is 0 Å². The number of hydrogen-bond acceptors (Lipinski definition) is 3. The van der Waals surface area contributed by atoms with Gasteiger partial charge in [0, 0.05) is 11.1 Å². The number of rotatable bonds is 6. The molecule has 17 heavy (non-hydrogen) atoms. The maximum atomic E-state index is 11.7. The first-order valence-electron chi connectivity index (χ1n) is 5.29. The molecule has 0 aliphatic heterocycles. The molecule has 0 saturated carbocycles. The summed E-state index contributed by atoms with van der Waals surface area (Å²) in [5.74, 6) is -0.0349. The van der Waals surface area contributed by atoms with Gasteiger partial charge >= 0.3 is 0 Å². The Morgan fingerprint density at radius 3 is 2.76 bits per heavy atom. The molecule has 0 atom stereocenters. The highest BCUT2D eigenvalue weighted by molar-refractivity contribution is 9.10. The van der Waals surface area contributed by atoms with Crippen molar-refractivity contribution in [2.75, 3.05) is 23.7 Å². The lowest BCUT2D eigenvalue weighted by Crippen LogP contribution is -2.20. The molecule has 0 unspecified atom stereocenters. The first-order valence-corrected chi connectivity index (χ1v) is 7.74. The van der Waals surface area contributed by atoms with E-state index in [9.17, 15) is 8.42 Å². The monoisotopic (exact) mass is 321 g/mol. The average molecular weight is 322 g/mol. The minimum Gasteiger partial charge on any atom is -0.381 e. The van der Waals surface area contributed by atoms with Crippen LogP contribution >= 0.6 is 15.9 Å². The van der Waals surface area contributed by atoms with Crippen LogP contribution in [-0.2, 0) is 14.8 Å². The standard InChI is InChI=1S/C11H16BrNO3S/c1-3-16-7-8-17(14,15)13-11-6-4-5-10(12)9(11)2/h4-6,13H,3,7-8H2,1-2H3. The second-order valence-corrected chi connectivity index (χ2v) is 6.23. The Balaban J connectivity index is 2.73. The van der Waals surface area contributed by atoms with Crippen LogP contribution in [0.25, 0.3) is 0 Å². The predicted octanol–water partition coefficient (Wildman–Crippen LogP) is 2.54.